The lowest BCUT2D eigenvalue weighted by molar-refractivity contribution is -0.125. The van der Waals surface area contributed by atoms with Crippen molar-refractivity contribution in [1.29, 1.82) is 0 Å². The predicted molar refractivity (Wildman–Crippen MR) is 104 cm³/mol. The lowest BCUT2D eigenvalue weighted by Crippen LogP contribution is -2.35. The second kappa shape index (κ2) is 7.12. The first kappa shape index (κ1) is 17.1. The van der Waals surface area contributed by atoms with E-state index in [1.165, 1.54) is 11.3 Å². The third-order valence-electron chi connectivity index (χ3n) is 5.09. The Labute approximate surface area is 158 Å². The maximum absolute atomic E-state index is 12.6. The quantitative estimate of drug-likeness (QED) is 0.763. The summed E-state index contributed by atoms with van der Waals surface area (Å²) in [4.78, 5) is 17.3. The highest BCUT2D eigenvalue weighted by Crippen LogP contribution is 2.27. The normalized spacial score (nSPS) is 16.5. The van der Waals surface area contributed by atoms with Crippen molar-refractivity contribution < 1.29 is 4.79 Å². The van der Waals surface area contributed by atoms with E-state index in [2.05, 4.69) is 28.9 Å². The average molecular weight is 368 g/mol. The van der Waals surface area contributed by atoms with E-state index in [0.29, 0.717) is 6.54 Å². The van der Waals surface area contributed by atoms with E-state index in [1.54, 1.807) is 0 Å². The fraction of sp³-hybridized carbons (Fsp3) is 0.333. The van der Waals surface area contributed by atoms with Gasteiger partial charge in [0, 0.05) is 35.8 Å². The standard InChI is InChI=1S/C21H22ClN3O/c1-14-5-8-20-24-18-7-6-16(12-19(18)25(20)13-14)21(26)23-10-9-15-3-2-4-17(22)11-15/h2-5,8,11,13,16H,6-7,9-10,12H2,1H3,(H,23,26). The maximum Gasteiger partial charge on any atom is 0.223 e. The molecule has 1 atom stereocenters. The van der Waals surface area contributed by atoms with Crippen LogP contribution in [0.2, 0.25) is 5.02 Å². The van der Waals surface area contributed by atoms with Gasteiger partial charge in [0.25, 0.3) is 0 Å². The smallest absolute Gasteiger partial charge is 0.223 e. The van der Waals surface area contributed by atoms with Crippen LogP contribution in [0, 0.1) is 12.8 Å². The Morgan fingerprint density at radius 3 is 3.08 bits per heavy atom. The summed E-state index contributed by atoms with van der Waals surface area (Å²) >= 11 is 6.01. The van der Waals surface area contributed by atoms with Crippen LogP contribution in [0.1, 0.15) is 28.9 Å². The monoisotopic (exact) mass is 367 g/mol. The van der Waals surface area contributed by atoms with Crippen LogP contribution in [0.3, 0.4) is 0 Å². The molecule has 0 bridgehead atoms. The largest absolute Gasteiger partial charge is 0.356 e. The Balaban J connectivity index is 1.41. The summed E-state index contributed by atoms with van der Waals surface area (Å²) in [5.74, 6) is 0.155. The fourth-order valence-electron chi connectivity index (χ4n) is 3.70. The van der Waals surface area contributed by atoms with Gasteiger partial charge in [0.2, 0.25) is 5.91 Å². The lowest BCUT2D eigenvalue weighted by atomic mass is 9.89. The van der Waals surface area contributed by atoms with E-state index in [9.17, 15) is 4.79 Å². The number of hydrogen-bond donors (Lipinski definition) is 1. The molecule has 4 rings (SSSR count). The van der Waals surface area contributed by atoms with Crippen LogP contribution < -0.4 is 5.32 Å². The number of rotatable bonds is 4. The summed E-state index contributed by atoms with van der Waals surface area (Å²) in [6.07, 6.45) is 5.38. The summed E-state index contributed by atoms with van der Waals surface area (Å²) < 4.78 is 2.15. The summed E-state index contributed by atoms with van der Waals surface area (Å²) in [6, 6.07) is 11.9. The third-order valence-corrected chi connectivity index (χ3v) is 5.33. The van der Waals surface area contributed by atoms with Crippen LogP contribution in [-0.2, 0) is 24.1 Å². The molecule has 0 saturated heterocycles. The molecule has 0 spiro atoms. The van der Waals surface area contributed by atoms with E-state index in [4.69, 9.17) is 16.6 Å². The summed E-state index contributed by atoms with van der Waals surface area (Å²) in [6.45, 7) is 2.71. The Hall–Kier alpha value is -2.33. The van der Waals surface area contributed by atoms with E-state index in [-0.39, 0.29) is 11.8 Å². The van der Waals surface area contributed by atoms with Gasteiger partial charge < -0.3 is 9.72 Å². The fourth-order valence-corrected chi connectivity index (χ4v) is 3.91. The number of aromatic nitrogens is 2. The van der Waals surface area contributed by atoms with Crippen LogP contribution in [0.5, 0.6) is 0 Å². The molecular weight excluding hydrogens is 346 g/mol. The predicted octanol–water partition coefficient (Wildman–Crippen LogP) is 3.76. The molecule has 0 radical (unpaired) electrons. The highest BCUT2D eigenvalue weighted by atomic mass is 35.5. The molecule has 0 aliphatic heterocycles. The summed E-state index contributed by atoms with van der Waals surface area (Å²) in [5, 5.41) is 3.82. The van der Waals surface area contributed by atoms with E-state index in [1.807, 2.05) is 30.3 Å². The molecule has 1 N–H and O–H groups in total. The van der Waals surface area contributed by atoms with Crippen molar-refractivity contribution in [3.63, 3.8) is 0 Å². The number of amides is 1. The first-order valence-corrected chi connectivity index (χ1v) is 9.46. The zero-order chi connectivity index (χ0) is 18.1. The molecule has 1 aromatic carbocycles. The highest BCUT2D eigenvalue weighted by Gasteiger charge is 2.27. The molecular formula is C21H22ClN3O. The van der Waals surface area contributed by atoms with Gasteiger partial charge in [-0.3, -0.25) is 4.79 Å². The van der Waals surface area contributed by atoms with Crippen LogP contribution in [-0.4, -0.2) is 21.8 Å². The van der Waals surface area contributed by atoms with Crippen LogP contribution >= 0.6 is 11.6 Å². The average Bonchev–Trinajstić information content (AvgIpc) is 2.99. The highest BCUT2D eigenvalue weighted by molar-refractivity contribution is 6.30. The second-order valence-corrected chi connectivity index (χ2v) is 7.49. The van der Waals surface area contributed by atoms with Crippen molar-refractivity contribution >= 4 is 23.2 Å². The van der Waals surface area contributed by atoms with Gasteiger partial charge in [0.15, 0.2) is 0 Å². The minimum absolute atomic E-state index is 0.0160. The number of aryl methyl sites for hydroxylation is 2. The number of fused-ring (bicyclic) bond motifs is 3. The minimum atomic E-state index is 0.0160. The van der Waals surface area contributed by atoms with Crippen molar-refractivity contribution in [3.8, 4) is 0 Å². The Kier molecular flexibility index (Phi) is 4.68. The molecule has 1 unspecified atom stereocenters. The van der Waals surface area contributed by atoms with Gasteiger partial charge in [-0.2, -0.15) is 0 Å². The summed E-state index contributed by atoms with van der Waals surface area (Å²) in [7, 11) is 0. The number of nitrogens with zero attached hydrogens (tertiary/aromatic N) is 2. The molecule has 26 heavy (non-hydrogen) atoms. The van der Waals surface area contributed by atoms with Crippen LogP contribution in [0.25, 0.3) is 5.65 Å². The molecule has 5 heteroatoms. The number of imidazole rings is 1. The van der Waals surface area contributed by atoms with Crippen molar-refractivity contribution in [2.75, 3.05) is 6.54 Å². The second-order valence-electron chi connectivity index (χ2n) is 7.05. The maximum atomic E-state index is 12.6. The van der Waals surface area contributed by atoms with E-state index >= 15 is 0 Å². The first-order valence-electron chi connectivity index (χ1n) is 9.09. The zero-order valence-corrected chi connectivity index (χ0v) is 15.6. The number of benzene rings is 1. The Morgan fingerprint density at radius 1 is 1.35 bits per heavy atom. The molecule has 2 heterocycles. The van der Waals surface area contributed by atoms with Gasteiger partial charge in [-0.25, -0.2) is 4.98 Å². The third kappa shape index (κ3) is 3.47. The number of pyridine rings is 1. The van der Waals surface area contributed by atoms with Gasteiger partial charge in [0.1, 0.15) is 5.65 Å². The number of nitrogens with one attached hydrogen (secondary N) is 1. The number of carbonyl (C=O) groups is 1. The van der Waals surface area contributed by atoms with Crippen molar-refractivity contribution in [1.82, 2.24) is 14.7 Å². The molecule has 2 aromatic heterocycles. The molecule has 1 amide bonds. The molecule has 1 aliphatic carbocycles. The van der Waals surface area contributed by atoms with Crippen LogP contribution in [0.4, 0.5) is 0 Å². The van der Waals surface area contributed by atoms with Gasteiger partial charge >= 0.3 is 0 Å². The molecule has 4 nitrogen and oxygen atoms in total. The number of hydrogen-bond acceptors (Lipinski definition) is 2. The molecule has 134 valence electrons. The molecule has 0 saturated carbocycles. The van der Waals surface area contributed by atoms with Gasteiger partial charge in [-0.05, 0) is 55.5 Å². The lowest BCUT2D eigenvalue weighted by Gasteiger charge is -2.21. The van der Waals surface area contributed by atoms with E-state index in [0.717, 1.165) is 47.6 Å². The van der Waals surface area contributed by atoms with Crippen LogP contribution in [0.15, 0.2) is 42.6 Å². The SMILES string of the molecule is Cc1ccc2nc3c(n2c1)CC(C(=O)NCCc1cccc(Cl)c1)CC3. The number of carbonyl (C=O) groups excluding carboxylic acids is 1. The zero-order valence-electron chi connectivity index (χ0n) is 14.8. The van der Waals surface area contributed by atoms with Crippen molar-refractivity contribution in [2.24, 2.45) is 5.92 Å². The van der Waals surface area contributed by atoms with Gasteiger partial charge in [-0.15, -0.1) is 0 Å². The topological polar surface area (TPSA) is 46.4 Å². The van der Waals surface area contributed by atoms with Gasteiger partial charge in [0.05, 0.1) is 5.69 Å². The Bertz CT molecular complexity index is 963. The van der Waals surface area contributed by atoms with Crippen molar-refractivity contribution in [2.45, 2.75) is 32.6 Å². The molecule has 0 fully saturated rings. The molecule has 3 aromatic rings. The van der Waals surface area contributed by atoms with Gasteiger partial charge in [-0.1, -0.05) is 29.8 Å². The number of halogens is 1. The van der Waals surface area contributed by atoms with Crippen molar-refractivity contribution in [3.05, 3.63) is 70.1 Å². The first-order chi connectivity index (χ1) is 12.6. The van der Waals surface area contributed by atoms with E-state index < -0.39 is 0 Å². The Morgan fingerprint density at radius 2 is 2.23 bits per heavy atom. The molecule has 1 aliphatic rings. The summed E-state index contributed by atoms with van der Waals surface area (Å²) in [5.41, 5.74) is 5.64. The minimum Gasteiger partial charge on any atom is -0.356 e.